The van der Waals surface area contributed by atoms with Crippen LogP contribution in [0.5, 0.6) is 0 Å². The maximum atomic E-state index is 11.2. The Balaban J connectivity index is 0. The topological polar surface area (TPSA) is 122 Å². The van der Waals surface area contributed by atoms with E-state index in [1.165, 1.54) is 0 Å². The molecule has 0 aliphatic carbocycles. The second-order valence-corrected chi connectivity index (χ2v) is 8.99. The molecule has 8 nitrogen and oxygen atoms in total. The lowest BCUT2D eigenvalue weighted by molar-refractivity contribution is -0.0361. The first-order chi connectivity index (χ1) is 11.4. The normalized spacial score (nSPS) is 14.2. The molecule has 0 saturated heterocycles. The molecule has 156 valence electrons. The minimum Gasteiger partial charge on any atom is -0.465 e. The number of aliphatic hydroxyl groups excluding tert-OH is 2. The number of hydrogen-bond acceptors (Lipinski definition) is 4. The van der Waals surface area contributed by atoms with Crippen molar-refractivity contribution in [2.75, 3.05) is 13.1 Å². The zero-order valence-corrected chi connectivity index (χ0v) is 17.6. The fourth-order valence-corrected chi connectivity index (χ4v) is 1.90. The van der Waals surface area contributed by atoms with Crippen LogP contribution in [0, 0.1) is 5.92 Å². The fourth-order valence-electron chi connectivity index (χ4n) is 1.90. The van der Waals surface area contributed by atoms with Crippen LogP contribution >= 0.6 is 0 Å². The SMILES string of the molecule is CC(C)(C)N(CC(O)C(O)CN(C(=O)O)C(C)(C)C)C(=O)O.CC(C)C. The van der Waals surface area contributed by atoms with Gasteiger partial charge in [0.2, 0.25) is 0 Å². The van der Waals surface area contributed by atoms with Crippen molar-refractivity contribution in [2.45, 2.75) is 85.6 Å². The summed E-state index contributed by atoms with van der Waals surface area (Å²) in [4.78, 5) is 24.5. The van der Waals surface area contributed by atoms with Crippen LogP contribution in [0.3, 0.4) is 0 Å². The smallest absolute Gasteiger partial charge is 0.407 e. The van der Waals surface area contributed by atoms with Crippen molar-refractivity contribution in [3.8, 4) is 0 Å². The molecule has 2 unspecified atom stereocenters. The van der Waals surface area contributed by atoms with E-state index in [2.05, 4.69) is 20.8 Å². The zero-order valence-electron chi connectivity index (χ0n) is 17.6. The van der Waals surface area contributed by atoms with E-state index in [1.54, 1.807) is 41.5 Å². The molecule has 0 spiro atoms. The average molecular weight is 379 g/mol. The highest BCUT2D eigenvalue weighted by Crippen LogP contribution is 2.17. The van der Waals surface area contributed by atoms with Gasteiger partial charge in [0, 0.05) is 11.1 Å². The van der Waals surface area contributed by atoms with Crippen molar-refractivity contribution in [2.24, 2.45) is 5.92 Å². The minimum atomic E-state index is -1.39. The molecule has 0 aliphatic rings. The number of hydrogen-bond donors (Lipinski definition) is 4. The molecule has 0 aromatic carbocycles. The van der Waals surface area contributed by atoms with Gasteiger partial charge in [-0.05, 0) is 47.5 Å². The van der Waals surface area contributed by atoms with Gasteiger partial charge in [-0.15, -0.1) is 0 Å². The van der Waals surface area contributed by atoms with Gasteiger partial charge in [0.05, 0.1) is 25.3 Å². The summed E-state index contributed by atoms with van der Waals surface area (Å²) < 4.78 is 0. The second-order valence-electron chi connectivity index (χ2n) is 8.99. The monoisotopic (exact) mass is 378 g/mol. The van der Waals surface area contributed by atoms with E-state index < -0.39 is 35.5 Å². The van der Waals surface area contributed by atoms with Crippen LogP contribution in [0.15, 0.2) is 0 Å². The first-order valence-corrected chi connectivity index (χ1v) is 8.78. The number of carbonyl (C=O) groups is 2. The molecular weight excluding hydrogens is 340 g/mol. The average Bonchev–Trinajstić information content (AvgIpc) is 2.37. The molecule has 0 bridgehead atoms. The van der Waals surface area contributed by atoms with E-state index in [4.69, 9.17) is 10.2 Å². The van der Waals surface area contributed by atoms with Gasteiger partial charge in [-0.2, -0.15) is 0 Å². The Labute approximate surface area is 157 Å². The van der Waals surface area contributed by atoms with Crippen molar-refractivity contribution in [1.82, 2.24) is 9.80 Å². The maximum Gasteiger partial charge on any atom is 0.407 e. The van der Waals surface area contributed by atoms with Crippen molar-refractivity contribution >= 4 is 12.2 Å². The van der Waals surface area contributed by atoms with E-state index in [9.17, 15) is 19.8 Å². The van der Waals surface area contributed by atoms with Crippen LogP contribution in [0.2, 0.25) is 0 Å². The lowest BCUT2D eigenvalue weighted by atomic mass is 10.0. The number of aliphatic hydroxyl groups is 2. The molecular formula is C18H38N2O6. The molecule has 0 fully saturated rings. The third-order valence-corrected chi connectivity index (χ3v) is 3.26. The quantitative estimate of drug-likeness (QED) is 0.583. The number of nitrogens with zero attached hydrogens (tertiary/aromatic N) is 2. The third kappa shape index (κ3) is 11.1. The van der Waals surface area contributed by atoms with E-state index >= 15 is 0 Å². The predicted molar refractivity (Wildman–Crippen MR) is 101 cm³/mol. The molecule has 4 N–H and O–H groups in total. The summed E-state index contributed by atoms with van der Waals surface area (Å²) >= 11 is 0. The standard InChI is InChI=1S/C14H28N2O6.C4H10/c1-13(2,3)15(11(19)20)7-9(17)10(18)8-16(12(21)22)14(4,5)6;1-4(2)3/h9-10,17-18H,7-8H2,1-6H3,(H,19,20)(H,21,22);4H,1-3H3. The number of rotatable bonds is 5. The highest BCUT2D eigenvalue weighted by Gasteiger charge is 2.34. The highest BCUT2D eigenvalue weighted by atomic mass is 16.4. The molecule has 8 heteroatoms. The Hall–Kier alpha value is -1.54. The summed E-state index contributed by atoms with van der Waals surface area (Å²) in [7, 11) is 0. The van der Waals surface area contributed by atoms with Gasteiger partial charge < -0.3 is 30.2 Å². The molecule has 0 radical (unpaired) electrons. The van der Waals surface area contributed by atoms with Gasteiger partial charge in [-0.1, -0.05) is 20.8 Å². The van der Waals surface area contributed by atoms with E-state index in [-0.39, 0.29) is 13.1 Å². The summed E-state index contributed by atoms with van der Waals surface area (Å²) in [5.41, 5.74) is -1.49. The Bertz CT molecular complexity index is 399. The largest absolute Gasteiger partial charge is 0.465 e. The van der Waals surface area contributed by atoms with Gasteiger partial charge in [0.15, 0.2) is 0 Å². The number of amides is 2. The minimum absolute atomic E-state index is 0.308. The zero-order chi connectivity index (χ0) is 21.5. The van der Waals surface area contributed by atoms with Crippen LogP contribution in [0.1, 0.15) is 62.3 Å². The van der Waals surface area contributed by atoms with E-state index in [0.717, 1.165) is 15.7 Å². The third-order valence-electron chi connectivity index (χ3n) is 3.26. The molecule has 2 amide bonds. The summed E-state index contributed by atoms with van der Waals surface area (Å²) in [5, 5.41) is 38.4. The first-order valence-electron chi connectivity index (χ1n) is 8.78. The van der Waals surface area contributed by atoms with Gasteiger partial charge in [-0.25, -0.2) is 9.59 Å². The molecule has 0 aromatic heterocycles. The van der Waals surface area contributed by atoms with E-state index in [0.29, 0.717) is 0 Å². The molecule has 0 rings (SSSR count). The Morgan fingerprint density at radius 1 is 0.731 bits per heavy atom. The fraction of sp³-hybridized carbons (Fsp3) is 0.889. The molecule has 2 atom stereocenters. The second kappa shape index (κ2) is 10.6. The molecule has 0 aromatic rings. The van der Waals surface area contributed by atoms with Crippen molar-refractivity contribution in [3.63, 3.8) is 0 Å². The number of carboxylic acid groups (broad SMARTS) is 2. The lowest BCUT2D eigenvalue weighted by Crippen LogP contribution is -2.55. The van der Waals surface area contributed by atoms with E-state index in [1.807, 2.05) is 0 Å². The predicted octanol–water partition coefficient (Wildman–Crippen LogP) is 2.93. The number of β-amino-alcohol motifs (C(OH)–C–C–N with tert-alkyl or cyclic N) is 2. The summed E-state index contributed by atoms with van der Waals surface area (Å²) in [6.07, 6.45) is -5.21. The van der Waals surface area contributed by atoms with Crippen LogP contribution in [0.25, 0.3) is 0 Å². The van der Waals surface area contributed by atoms with Crippen molar-refractivity contribution < 1.29 is 30.0 Å². The Morgan fingerprint density at radius 2 is 0.923 bits per heavy atom. The van der Waals surface area contributed by atoms with Crippen molar-refractivity contribution in [1.29, 1.82) is 0 Å². The lowest BCUT2D eigenvalue weighted by Gasteiger charge is -2.38. The highest BCUT2D eigenvalue weighted by molar-refractivity contribution is 5.66. The van der Waals surface area contributed by atoms with Crippen LogP contribution < -0.4 is 0 Å². The van der Waals surface area contributed by atoms with Crippen molar-refractivity contribution in [3.05, 3.63) is 0 Å². The molecule has 0 saturated carbocycles. The Kier molecular flexibility index (Phi) is 10.8. The summed E-state index contributed by atoms with van der Waals surface area (Å²) in [6.45, 7) is 15.9. The molecule has 26 heavy (non-hydrogen) atoms. The van der Waals surface area contributed by atoms with Gasteiger partial charge >= 0.3 is 12.2 Å². The molecule has 0 heterocycles. The van der Waals surface area contributed by atoms with Gasteiger partial charge in [-0.3, -0.25) is 0 Å². The first kappa shape index (κ1) is 26.7. The van der Waals surface area contributed by atoms with Crippen LogP contribution in [-0.4, -0.2) is 78.8 Å². The summed E-state index contributed by atoms with van der Waals surface area (Å²) in [6, 6.07) is 0. The summed E-state index contributed by atoms with van der Waals surface area (Å²) in [5.74, 6) is 0.833. The van der Waals surface area contributed by atoms with Gasteiger partial charge in [0.1, 0.15) is 0 Å². The molecule has 0 aliphatic heterocycles. The Morgan fingerprint density at radius 3 is 1.04 bits per heavy atom. The van der Waals surface area contributed by atoms with Crippen LogP contribution in [-0.2, 0) is 0 Å². The maximum absolute atomic E-state index is 11.2. The van der Waals surface area contributed by atoms with Crippen LogP contribution in [0.4, 0.5) is 9.59 Å². The van der Waals surface area contributed by atoms with Gasteiger partial charge in [0.25, 0.3) is 0 Å².